The third-order valence-electron chi connectivity index (χ3n) is 6.68. The van der Waals surface area contributed by atoms with Crippen molar-refractivity contribution in [2.24, 2.45) is 5.92 Å². The number of hydrogen-bond donors (Lipinski definition) is 0. The molecule has 0 N–H and O–H groups in total. The topological polar surface area (TPSA) is 109 Å². The van der Waals surface area contributed by atoms with Crippen molar-refractivity contribution >= 4 is 52.1 Å². The van der Waals surface area contributed by atoms with Crippen LogP contribution < -0.4 is 10.5 Å². The second-order valence-corrected chi connectivity index (χ2v) is 10.9. The first kappa shape index (κ1) is 27.7. The van der Waals surface area contributed by atoms with Gasteiger partial charge in [0.05, 0.1) is 30.2 Å². The monoisotopic (exact) mass is 554 g/mol. The number of amides is 1. The van der Waals surface area contributed by atoms with Gasteiger partial charge in [0.25, 0.3) is 11.5 Å². The number of nitriles is 1. The van der Waals surface area contributed by atoms with E-state index < -0.39 is 0 Å². The molecule has 2 aliphatic rings. The van der Waals surface area contributed by atoms with Gasteiger partial charge in [0.15, 0.2) is 0 Å². The van der Waals surface area contributed by atoms with Crippen molar-refractivity contribution < 1.29 is 18.7 Å². The van der Waals surface area contributed by atoms with Crippen molar-refractivity contribution in [2.45, 2.75) is 53.1 Å². The van der Waals surface area contributed by atoms with Crippen LogP contribution in [0.4, 0.5) is 5.82 Å². The molecule has 0 radical (unpaired) electrons. The maximum Gasteiger partial charge on any atom is 0.310 e. The number of esters is 1. The fourth-order valence-corrected chi connectivity index (χ4v) is 6.10. The molecule has 11 heteroatoms. The molecule has 200 valence electrons. The zero-order valence-corrected chi connectivity index (χ0v) is 23.3. The normalized spacial score (nSPS) is 18.8. The first-order valence-corrected chi connectivity index (χ1v) is 13.9. The van der Waals surface area contributed by atoms with E-state index >= 15 is 0 Å². The summed E-state index contributed by atoms with van der Waals surface area (Å²) in [5.41, 5.74) is 0.771. The van der Waals surface area contributed by atoms with Gasteiger partial charge < -0.3 is 14.1 Å². The maximum atomic E-state index is 13.4. The zero-order chi connectivity index (χ0) is 27.4. The Morgan fingerprint density at radius 1 is 1.37 bits per heavy atom. The molecular formula is C27H30N4O5S2. The number of anilines is 1. The molecule has 4 rings (SSSR count). The van der Waals surface area contributed by atoms with Crippen LogP contribution in [0.15, 0.2) is 32.5 Å². The van der Waals surface area contributed by atoms with E-state index in [2.05, 4.69) is 6.07 Å². The van der Waals surface area contributed by atoms with Crippen molar-refractivity contribution in [1.29, 1.82) is 5.26 Å². The smallest absolute Gasteiger partial charge is 0.310 e. The van der Waals surface area contributed by atoms with Crippen LogP contribution in [-0.4, -0.2) is 45.4 Å². The minimum Gasteiger partial charge on any atom is -0.467 e. The summed E-state index contributed by atoms with van der Waals surface area (Å²) in [7, 11) is 0. The van der Waals surface area contributed by atoms with Crippen molar-refractivity contribution in [3.63, 3.8) is 0 Å². The van der Waals surface area contributed by atoms with E-state index in [4.69, 9.17) is 21.4 Å². The molecule has 2 aromatic rings. The Morgan fingerprint density at radius 2 is 2.16 bits per heavy atom. The summed E-state index contributed by atoms with van der Waals surface area (Å²) in [5, 5.41) is 9.86. The van der Waals surface area contributed by atoms with Crippen molar-refractivity contribution in [3.05, 3.63) is 56.1 Å². The van der Waals surface area contributed by atoms with Crippen molar-refractivity contribution in [2.75, 3.05) is 24.6 Å². The van der Waals surface area contributed by atoms with Gasteiger partial charge >= 0.3 is 5.97 Å². The molecule has 38 heavy (non-hydrogen) atoms. The molecule has 1 unspecified atom stereocenters. The Bertz CT molecular complexity index is 1370. The van der Waals surface area contributed by atoms with Gasteiger partial charge in [-0.15, -0.1) is 0 Å². The summed E-state index contributed by atoms with van der Waals surface area (Å²) in [6.07, 6.45) is 5.38. The Labute approximate surface area is 231 Å². The third-order valence-corrected chi connectivity index (χ3v) is 8.06. The number of pyridine rings is 1. The van der Waals surface area contributed by atoms with Crippen LogP contribution >= 0.6 is 24.0 Å². The lowest BCUT2D eigenvalue weighted by molar-refractivity contribution is -0.148. The Balaban J connectivity index is 1.82. The standard InChI is InChI=1S/C27H30N4O5S2/c1-4-10-30-23(29-11-6-8-18(15-29)26(34)35-5-2)20(17(3)21(14-28)24(30)32)13-22-25(33)31(27(37)38-22)16-19-9-7-12-36-19/h7,9,12-13,18H,4-6,8,10-11,15-16H2,1-3H3/b22-13-. The predicted molar refractivity (Wildman–Crippen MR) is 149 cm³/mol. The van der Waals surface area contributed by atoms with Gasteiger partial charge in [0.2, 0.25) is 0 Å². The highest BCUT2D eigenvalue weighted by Crippen LogP contribution is 2.37. The van der Waals surface area contributed by atoms with Gasteiger partial charge in [-0.2, -0.15) is 5.26 Å². The van der Waals surface area contributed by atoms with Gasteiger partial charge in [-0.1, -0.05) is 30.9 Å². The van der Waals surface area contributed by atoms with Crippen molar-refractivity contribution in [1.82, 2.24) is 9.47 Å². The summed E-state index contributed by atoms with van der Waals surface area (Å²) in [6, 6.07) is 5.59. The van der Waals surface area contributed by atoms with Crippen LogP contribution in [-0.2, 0) is 27.4 Å². The lowest BCUT2D eigenvalue weighted by Crippen LogP contribution is -2.43. The molecule has 2 aliphatic heterocycles. The lowest BCUT2D eigenvalue weighted by Gasteiger charge is -2.36. The quantitative estimate of drug-likeness (QED) is 0.269. The number of thioether (sulfide) groups is 1. The van der Waals surface area contributed by atoms with E-state index in [0.717, 1.165) is 6.42 Å². The fraction of sp³-hybridized carbons (Fsp3) is 0.444. The number of furan rings is 1. The van der Waals surface area contributed by atoms with Gasteiger partial charge in [-0.05, 0) is 56.9 Å². The fourth-order valence-electron chi connectivity index (χ4n) is 4.86. The molecule has 0 aromatic carbocycles. The molecule has 0 saturated carbocycles. The first-order valence-electron chi connectivity index (χ1n) is 12.7. The van der Waals surface area contributed by atoms with Crippen LogP contribution in [0.1, 0.15) is 55.6 Å². The van der Waals surface area contributed by atoms with Crippen LogP contribution in [0.2, 0.25) is 0 Å². The highest BCUT2D eigenvalue weighted by atomic mass is 32.2. The average molecular weight is 555 g/mol. The van der Waals surface area contributed by atoms with E-state index in [1.54, 1.807) is 42.9 Å². The van der Waals surface area contributed by atoms with Crippen molar-refractivity contribution in [3.8, 4) is 6.07 Å². The number of thiocarbonyl (C=S) groups is 1. The van der Waals surface area contributed by atoms with Gasteiger partial charge in [0, 0.05) is 25.2 Å². The second kappa shape index (κ2) is 12.0. The largest absolute Gasteiger partial charge is 0.467 e. The van der Waals surface area contributed by atoms with Gasteiger partial charge in [-0.3, -0.25) is 23.9 Å². The molecule has 0 aliphatic carbocycles. The number of rotatable bonds is 8. The van der Waals surface area contributed by atoms with Gasteiger partial charge in [-0.25, -0.2) is 0 Å². The number of piperidine rings is 1. The summed E-state index contributed by atoms with van der Waals surface area (Å²) in [6.45, 7) is 7.38. The van der Waals surface area contributed by atoms with Crippen LogP contribution in [0.5, 0.6) is 0 Å². The van der Waals surface area contributed by atoms with Crippen LogP contribution in [0, 0.1) is 24.2 Å². The summed E-state index contributed by atoms with van der Waals surface area (Å²) < 4.78 is 12.7. The van der Waals surface area contributed by atoms with Crippen LogP contribution in [0.25, 0.3) is 6.08 Å². The Morgan fingerprint density at radius 3 is 2.82 bits per heavy atom. The minimum absolute atomic E-state index is 0.0402. The highest BCUT2D eigenvalue weighted by molar-refractivity contribution is 8.26. The number of nitrogens with zero attached hydrogens (tertiary/aromatic N) is 4. The van der Waals surface area contributed by atoms with E-state index in [0.29, 0.717) is 71.0 Å². The number of ether oxygens (including phenoxy) is 1. The number of aromatic nitrogens is 1. The summed E-state index contributed by atoms with van der Waals surface area (Å²) >= 11 is 6.67. The van der Waals surface area contributed by atoms with Crippen LogP contribution in [0.3, 0.4) is 0 Å². The minimum atomic E-state index is -0.373. The van der Waals surface area contributed by atoms with E-state index in [1.807, 2.05) is 11.8 Å². The van der Waals surface area contributed by atoms with E-state index in [1.165, 1.54) is 16.7 Å². The molecule has 1 atom stereocenters. The Kier molecular flexibility index (Phi) is 8.74. The highest BCUT2D eigenvalue weighted by Gasteiger charge is 2.35. The van der Waals surface area contributed by atoms with E-state index in [-0.39, 0.29) is 35.5 Å². The number of carbonyl (C=O) groups excluding carboxylic acids is 2. The van der Waals surface area contributed by atoms with E-state index in [9.17, 15) is 19.6 Å². The number of hydrogen-bond acceptors (Lipinski definition) is 9. The average Bonchev–Trinajstić information content (AvgIpc) is 3.51. The molecule has 0 bridgehead atoms. The number of carbonyl (C=O) groups is 2. The molecule has 4 heterocycles. The molecular weight excluding hydrogens is 524 g/mol. The predicted octanol–water partition coefficient (Wildman–Crippen LogP) is 4.21. The SMILES string of the molecule is CCCn1c(N2CCCC(C(=O)OCC)C2)c(/C=C2\SC(=S)N(Cc3ccco3)C2=O)c(C)c(C#N)c1=O. The summed E-state index contributed by atoms with van der Waals surface area (Å²) in [5.74, 6) is 0.368. The zero-order valence-electron chi connectivity index (χ0n) is 21.7. The molecule has 2 fully saturated rings. The third kappa shape index (κ3) is 5.42. The Hall–Kier alpha value is -3.36. The van der Waals surface area contributed by atoms with Gasteiger partial charge in [0.1, 0.15) is 27.5 Å². The summed E-state index contributed by atoms with van der Waals surface area (Å²) in [4.78, 5) is 43.3. The maximum absolute atomic E-state index is 13.4. The molecule has 0 spiro atoms. The molecule has 1 amide bonds. The first-order chi connectivity index (χ1) is 18.3. The second-order valence-electron chi connectivity index (χ2n) is 9.19. The lowest BCUT2D eigenvalue weighted by atomic mass is 9.96. The molecule has 2 aromatic heterocycles. The molecule has 9 nitrogen and oxygen atoms in total. The molecule has 2 saturated heterocycles.